The Morgan fingerprint density at radius 3 is 2.39 bits per heavy atom. The van der Waals surface area contributed by atoms with Crippen LogP contribution in [0, 0.1) is 0 Å². The highest BCUT2D eigenvalue weighted by molar-refractivity contribution is 7.89. The van der Waals surface area contributed by atoms with E-state index in [4.69, 9.17) is 11.6 Å². The molecule has 7 heteroatoms. The molecule has 0 spiro atoms. The van der Waals surface area contributed by atoms with Crippen LogP contribution in [0.3, 0.4) is 0 Å². The van der Waals surface area contributed by atoms with Crippen molar-refractivity contribution in [3.05, 3.63) is 35.4 Å². The molecule has 0 fully saturated rings. The number of sulfonamides is 1. The number of carbonyl (C=O) groups excluding carboxylic acids is 1. The molecule has 0 aliphatic carbocycles. The van der Waals surface area contributed by atoms with Gasteiger partial charge in [-0.25, -0.2) is 13.1 Å². The Balaban J connectivity index is 2.50. The minimum atomic E-state index is -3.29. The summed E-state index contributed by atoms with van der Waals surface area (Å²) in [4.78, 5) is 11.7. The zero-order chi connectivity index (χ0) is 13.6. The largest absolute Gasteiger partial charge is 0.351 e. The number of hydrogen-bond acceptors (Lipinski definition) is 3. The lowest BCUT2D eigenvalue weighted by molar-refractivity contribution is 0.0956. The third kappa shape index (κ3) is 4.64. The number of amides is 1. The molecule has 1 rings (SSSR count). The fourth-order valence-electron chi connectivity index (χ4n) is 1.25. The van der Waals surface area contributed by atoms with Crippen LogP contribution < -0.4 is 10.0 Å². The summed E-state index contributed by atoms with van der Waals surface area (Å²) < 4.78 is 24.4. The molecule has 0 bridgehead atoms. The van der Waals surface area contributed by atoms with Crippen molar-refractivity contribution in [1.82, 2.24) is 10.0 Å². The summed E-state index contributed by atoms with van der Waals surface area (Å²) in [6.07, 6.45) is 0. The van der Waals surface area contributed by atoms with Crippen LogP contribution in [0.1, 0.15) is 15.9 Å². The average molecular weight is 291 g/mol. The van der Waals surface area contributed by atoms with Gasteiger partial charge in [-0.1, -0.05) is 12.1 Å². The van der Waals surface area contributed by atoms with Crippen LogP contribution in [0.2, 0.25) is 0 Å². The Labute approximate surface area is 112 Å². The second-order valence-electron chi connectivity index (χ2n) is 3.61. The van der Waals surface area contributed by atoms with Crippen LogP contribution >= 0.6 is 11.6 Å². The number of benzene rings is 1. The molecule has 1 aromatic rings. The van der Waals surface area contributed by atoms with Crippen molar-refractivity contribution in [3.8, 4) is 0 Å². The van der Waals surface area contributed by atoms with Crippen molar-refractivity contribution < 1.29 is 13.2 Å². The summed E-state index contributed by atoms with van der Waals surface area (Å²) in [5.41, 5.74) is 1.40. The van der Waals surface area contributed by atoms with Gasteiger partial charge >= 0.3 is 0 Å². The van der Waals surface area contributed by atoms with Crippen LogP contribution in [-0.4, -0.2) is 33.7 Å². The molecule has 0 unspecified atom stereocenters. The predicted octanol–water partition coefficient (Wildman–Crippen LogP) is 0.704. The normalized spacial score (nSPS) is 11.2. The third-order valence-corrected chi connectivity index (χ3v) is 4.01. The first kappa shape index (κ1) is 14.9. The van der Waals surface area contributed by atoms with Crippen molar-refractivity contribution in [2.24, 2.45) is 0 Å². The van der Waals surface area contributed by atoms with Gasteiger partial charge in [0.15, 0.2) is 0 Å². The summed E-state index contributed by atoms with van der Waals surface area (Å²) in [7, 11) is -1.95. The van der Waals surface area contributed by atoms with Gasteiger partial charge in [0.25, 0.3) is 5.91 Å². The third-order valence-electron chi connectivity index (χ3n) is 2.34. The Morgan fingerprint density at radius 1 is 1.28 bits per heavy atom. The quantitative estimate of drug-likeness (QED) is 0.758. The predicted molar refractivity (Wildman–Crippen MR) is 71.2 cm³/mol. The second-order valence-corrected chi connectivity index (χ2v) is 5.92. The molecule has 0 heterocycles. The zero-order valence-corrected chi connectivity index (χ0v) is 11.5. The number of hydrogen-bond donors (Lipinski definition) is 2. The van der Waals surface area contributed by atoms with Gasteiger partial charge < -0.3 is 5.32 Å². The van der Waals surface area contributed by atoms with Gasteiger partial charge in [-0.2, -0.15) is 0 Å². The van der Waals surface area contributed by atoms with Gasteiger partial charge in [0.1, 0.15) is 0 Å². The van der Waals surface area contributed by atoms with E-state index >= 15 is 0 Å². The molecule has 1 aromatic carbocycles. The molecular formula is C11H15ClN2O3S. The van der Waals surface area contributed by atoms with E-state index in [1.54, 1.807) is 24.3 Å². The highest BCUT2D eigenvalue weighted by atomic mass is 35.5. The molecule has 0 aliphatic heterocycles. The van der Waals surface area contributed by atoms with Crippen LogP contribution in [0.15, 0.2) is 24.3 Å². The molecule has 0 saturated heterocycles. The summed E-state index contributed by atoms with van der Waals surface area (Å²) in [5.74, 6) is -0.0560. The van der Waals surface area contributed by atoms with E-state index in [0.717, 1.165) is 5.56 Å². The fourth-order valence-corrected chi connectivity index (χ4v) is 2.00. The minimum absolute atomic E-state index is 0.0687. The van der Waals surface area contributed by atoms with E-state index in [-0.39, 0.29) is 18.2 Å². The lowest BCUT2D eigenvalue weighted by atomic mass is 10.1. The Morgan fingerprint density at radius 2 is 1.89 bits per heavy atom. The van der Waals surface area contributed by atoms with Crippen molar-refractivity contribution in [2.75, 3.05) is 19.3 Å². The molecule has 0 atom stereocenters. The van der Waals surface area contributed by atoms with Crippen LogP contribution in [0.25, 0.3) is 0 Å². The van der Waals surface area contributed by atoms with Gasteiger partial charge in [0, 0.05) is 18.0 Å². The Hall–Kier alpha value is -1.11. The highest BCUT2D eigenvalue weighted by Gasteiger charge is 2.09. The molecule has 0 radical (unpaired) electrons. The molecule has 0 aromatic heterocycles. The minimum Gasteiger partial charge on any atom is -0.351 e. The maximum Gasteiger partial charge on any atom is 0.251 e. The molecule has 0 saturated carbocycles. The van der Waals surface area contributed by atoms with E-state index < -0.39 is 10.0 Å². The lowest BCUT2D eigenvalue weighted by Crippen LogP contribution is -2.32. The first-order valence-electron chi connectivity index (χ1n) is 5.33. The van der Waals surface area contributed by atoms with Gasteiger partial charge in [-0.15, -0.1) is 11.6 Å². The van der Waals surface area contributed by atoms with E-state index in [0.29, 0.717) is 11.4 Å². The van der Waals surface area contributed by atoms with Crippen molar-refractivity contribution >= 4 is 27.5 Å². The van der Waals surface area contributed by atoms with Crippen molar-refractivity contribution in [2.45, 2.75) is 5.88 Å². The lowest BCUT2D eigenvalue weighted by Gasteiger charge is -2.06. The average Bonchev–Trinajstić information content (AvgIpc) is 2.38. The zero-order valence-electron chi connectivity index (χ0n) is 9.94. The molecule has 2 N–H and O–H groups in total. The first-order chi connectivity index (χ1) is 8.48. The highest BCUT2D eigenvalue weighted by Crippen LogP contribution is 2.06. The first-order valence-corrected chi connectivity index (χ1v) is 7.51. The Kier molecular flexibility index (Phi) is 5.58. The van der Waals surface area contributed by atoms with Crippen LogP contribution in [0.5, 0.6) is 0 Å². The van der Waals surface area contributed by atoms with Gasteiger partial charge in [-0.3, -0.25) is 4.79 Å². The topological polar surface area (TPSA) is 75.3 Å². The fraction of sp³-hybridized carbons (Fsp3) is 0.364. The number of rotatable bonds is 6. The summed E-state index contributed by atoms with van der Waals surface area (Å²) in [5, 5.41) is 2.54. The smallest absolute Gasteiger partial charge is 0.251 e. The van der Waals surface area contributed by atoms with Crippen molar-refractivity contribution in [1.29, 1.82) is 0 Å². The maximum atomic E-state index is 11.7. The molecule has 5 nitrogen and oxygen atoms in total. The molecular weight excluding hydrogens is 276 g/mol. The molecule has 100 valence electrons. The van der Waals surface area contributed by atoms with E-state index in [9.17, 15) is 13.2 Å². The standard InChI is InChI=1S/C11H15ClN2O3S/c1-13-18(16,17)7-6-14-11(15)10-4-2-9(8-12)3-5-10/h2-5,13H,6-8H2,1H3,(H,14,15). The molecule has 1 amide bonds. The molecule has 0 aliphatic rings. The van der Waals surface area contributed by atoms with Crippen molar-refractivity contribution in [3.63, 3.8) is 0 Å². The van der Waals surface area contributed by atoms with Gasteiger partial charge in [0.05, 0.1) is 5.75 Å². The summed E-state index contributed by atoms with van der Waals surface area (Å²) in [6, 6.07) is 6.82. The number of halogens is 1. The van der Waals surface area contributed by atoms with Crippen LogP contribution in [-0.2, 0) is 15.9 Å². The monoisotopic (exact) mass is 290 g/mol. The maximum absolute atomic E-state index is 11.7. The Bertz CT molecular complexity index is 500. The summed E-state index contributed by atoms with van der Waals surface area (Å²) >= 11 is 5.63. The SMILES string of the molecule is CNS(=O)(=O)CCNC(=O)c1ccc(CCl)cc1. The van der Waals surface area contributed by atoms with Gasteiger partial charge in [0.2, 0.25) is 10.0 Å². The summed E-state index contributed by atoms with van der Waals surface area (Å²) in [6.45, 7) is 0.0687. The van der Waals surface area contributed by atoms with E-state index in [1.807, 2.05) is 0 Å². The number of nitrogens with one attached hydrogen (secondary N) is 2. The van der Waals surface area contributed by atoms with Crippen LogP contribution in [0.4, 0.5) is 0 Å². The molecule has 18 heavy (non-hydrogen) atoms. The number of carbonyl (C=O) groups is 1. The van der Waals surface area contributed by atoms with Gasteiger partial charge in [-0.05, 0) is 24.7 Å². The second kappa shape index (κ2) is 6.72. The van der Waals surface area contributed by atoms with E-state index in [2.05, 4.69) is 10.0 Å². The van der Waals surface area contributed by atoms with E-state index in [1.165, 1.54) is 7.05 Å². The number of alkyl halides is 1.